The van der Waals surface area contributed by atoms with Crippen LogP contribution in [0.15, 0.2) is 112 Å². The molecule has 62 heavy (non-hydrogen) atoms. The highest BCUT2D eigenvalue weighted by molar-refractivity contribution is 7.92. The van der Waals surface area contributed by atoms with Gasteiger partial charge in [0.2, 0.25) is 5.91 Å². The van der Waals surface area contributed by atoms with Gasteiger partial charge in [-0.2, -0.15) is 9.47 Å². The van der Waals surface area contributed by atoms with E-state index >= 15 is 0 Å². The number of rotatable bonds is 17. The number of sulfonamides is 1. The van der Waals surface area contributed by atoms with E-state index in [9.17, 15) is 32.9 Å². The Morgan fingerprint density at radius 2 is 1.61 bits per heavy atom. The SMILES string of the molecule is CCC(=O)Nc1cc(N=Nc2ccc(C)cc2C#N)c2c(NS(=O)(=O)c3cccc(OS(=O)Nc4ccc(OCCOC)c(Cc5cc(C)c(C)cc5O)c4)c3)cccc2c1O. The third kappa shape index (κ3) is 10.7. The Morgan fingerprint density at radius 3 is 2.37 bits per heavy atom. The summed E-state index contributed by atoms with van der Waals surface area (Å²) in [5.74, 6) is -0.0737. The molecular formula is C45H44N6O9S2. The van der Waals surface area contributed by atoms with Gasteiger partial charge in [-0.05, 0) is 104 Å². The van der Waals surface area contributed by atoms with Crippen LogP contribution >= 0.6 is 0 Å². The van der Waals surface area contributed by atoms with Crippen molar-refractivity contribution in [2.24, 2.45) is 10.2 Å². The van der Waals surface area contributed by atoms with Crippen LogP contribution in [0.1, 0.15) is 46.7 Å². The molecule has 0 saturated heterocycles. The van der Waals surface area contributed by atoms with Crippen LogP contribution in [0.3, 0.4) is 0 Å². The highest BCUT2D eigenvalue weighted by Gasteiger charge is 2.22. The van der Waals surface area contributed by atoms with Crippen molar-refractivity contribution in [3.8, 4) is 29.1 Å². The van der Waals surface area contributed by atoms with Crippen LogP contribution < -0.4 is 23.7 Å². The van der Waals surface area contributed by atoms with Crippen LogP contribution in [0.5, 0.6) is 23.0 Å². The number of phenolic OH excluding ortho intramolecular Hbond substituents is 2. The number of aryl methyl sites for hydroxylation is 3. The Kier molecular flexibility index (Phi) is 14.1. The Balaban J connectivity index is 1.27. The van der Waals surface area contributed by atoms with Crippen molar-refractivity contribution in [1.82, 2.24) is 0 Å². The molecule has 0 aliphatic carbocycles. The molecule has 0 fully saturated rings. The van der Waals surface area contributed by atoms with E-state index in [1.165, 1.54) is 48.5 Å². The fourth-order valence-corrected chi connectivity index (χ4v) is 8.09. The molecule has 0 heterocycles. The van der Waals surface area contributed by atoms with Crippen LogP contribution in [0.4, 0.5) is 28.4 Å². The first-order valence-electron chi connectivity index (χ1n) is 19.2. The van der Waals surface area contributed by atoms with Gasteiger partial charge in [0, 0.05) is 48.0 Å². The van der Waals surface area contributed by atoms with E-state index in [1.54, 1.807) is 56.5 Å². The zero-order valence-electron chi connectivity index (χ0n) is 34.5. The summed E-state index contributed by atoms with van der Waals surface area (Å²) in [5, 5.41) is 43.3. The maximum Gasteiger partial charge on any atom is 0.316 e. The standard InChI is InChI=1S/C45H44N6O9S2/c1-6-43(53)47-40-25-39(49-48-37-15-13-27(2)19-32(37)26-46)44-36(45(40)54)11-8-12-38(44)51-62(56,57)35-10-7-9-34(24-35)60-61(55)50-33-14-16-42(59-18-17-58-5)31(23-33)22-30-20-28(3)29(4)21-41(30)52/h7-16,19-21,23-25,50-52,54H,6,17-18,22H2,1-5H3,(H,47,53). The summed E-state index contributed by atoms with van der Waals surface area (Å²) in [5.41, 5.74) is 5.19. The molecule has 0 aromatic heterocycles. The fraction of sp³-hybridized carbons (Fsp3) is 0.200. The highest BCUT2D eigenvalue weighted by Crippen LogP contribution is 2.44. The molecule has 5 N–H and O–H groups in total. The normalized spacial score (nSPS) is 11.9. The predicted octanol–water partition coefficient (Wildman–Crippen LogP) is 9.30. The van der Waals surface area contributed by atoms with Gasteiger partial charge < -0.3 is 29.2 Å². The smallest absolute Gasteiger partial charge is 0.316 e. The predicted molar refractivity (Wildman–Crippen MR) is 238 cm³/mol. The molecule has 1 amide bonds. The zero-order valence-corrected chi connectivity index (χ0v) is 36.1. The van der Waals surface area contributed by atoms with E-state index in [4.69, 9.17) is 13.7 Å². The molecule has 6 aromatic rings. The molecular weight excluding hydrogens is 833 g/mol. The minimum atomic E-state index is -4.39. The number of nitrogens with zero attached hydrogens (tertiary/aromatic N) is 3. The number of nitrogens with one attached hydrogen (secondary N) is 3. The van der Waals surface area contributed by atoms with E-state index in [2.05, 4.69) is 31.1 Å². The summed E-state index contributed by atoms with van der Waals surface area (Å²) in [6.07, 6.45) is 0.423. The number of azo groups is 1. The van der Waals surface area contributed by atoms with Crippen LogP contribution in [0.2, 0.25) is 0 Å². The molecule has 15 nitrogen and oxygen atoms in total. The van der Waals surface area contributed by atoms with Crippen molar-refractivity contribution in [1.29, 1.82) is 5.26 Å². The lowest BCUT2D eigenvalue weighted by molar-refractivity contribution is -0.115. The van der Waals surface area contributed by atoms with Crippen LogP contribution in [0, 0.1) is 32.1 Å². The zero-order chi connectivity index (χ0) is 44.6. The van der Waals surface area contributed by atoms with Crippen LogP contribution in [-0.4, -0.2) is 49.1 Å². The second kappa shape index (κ2) is 19.6. The van der Waals surface area contributed by atoms with E-state index in [1.807, 2.05) is 26.8 Å². The number of carbonyl (C=O) groups is 1. The van der Waals surface area contributed by atoms with Gasteiger partial charge in [0.1, 0.15) is 41.4 Å². The summed E-state index contributed by atoms with van der Waals surface area (Å²) in [6, 6.07) is 27.1. The number of fused-ring (bicyclic) bond motifs is 1. The maximum absolute atomic E-state index is 14.0. The highest BCUT2D eigenvalue weighted by atomic mass is 32.2. The lowest BCUT2D eigenvalue weighted by atomic mass is 9.98. The third-order valence-electron chi connectivity index (χ3n) is 9.66. The number of phenols is 2. The van der Waals surface area contributed by atoms with Gasteiger partial charge in [-0.25, -0.2) is 8.42 Å². The third-order valence-corrected chi connectivity index (χ3v) is 11.8. The van der Waals surface area contributed by atoms with E-state index in [-0.39, 0.29) is 80.2 Å². The average molecular weight is 877 g/mol. The quantitative estimate of drug-likeness (QED) is 0.0332. The van der Waals surface area contributed by atoms with Gasteiger partial charge in [0.05, 0.1) is 34.1 Å². The molecule has 6 aromatic carbocycles. The Bertz CT molecular complexity index is 2880. The number of hydrogen-bond acceptors (Lipinski definition) is 12. The van der Waals surface area contributed by atoms with Crippen molar-refractivity contribution in [3.05, 3.63) is 130 Å². The summed E-state index contributed by atoms with van der Waals surface area (Å²) in [6.45, 7) is 7.98. The average Bonchev–Trinajstić information content (AvgIpc) is 3.24. The minimum absolute atomic E-state index is 0.0145. The van der Waals surface area contributed by atoms with Gasteiger partial charge in [0.15, 0.2) is 0 Å². The van der Waals surface area contributed by atoms with Crippen LogP contribution in [0.25, 0.3) is 10.8 Å². The van der Waals surface area contributed by atoms with Crippen molar-refractivity contribution in [2.75, 3.05) is 35.1 Å². The van der Waals surface area contributed by atoms with Crippen molar-refractivity contribution in [3.63, 3.8) is 0 Å². The summed E-state index contributed by atoms with van der Waals surface area (Å²) in [7, 11) is -2.82. The largest absolute Gasteiger partial charge is 0.508 e. The van der Waals surface area contributed by atoms with Gasteiger partial charge in [0.25, 0.3) is 10.0 Å². The van der Waals surface area contributed by atoms with Crippen molar-refractivity contribution < 1.29 is 41.3 Å². The first-order valence-corrected chi connectivity index (χ1v) is 21.8. The summed E-state index contributed by atoms with van der Waals surface area (Å²) in [4.78, 5) is 12.1. The summed E-state index contributed by atoms with van der Waals surface area (Å²) < 4.78 is 63.4. The Hall–Kier alpha value is -7.00. The molecule has 17 heteroatoms. The first-order chi connectivity index (χ1) is 29.7. The number of aromatic hydroxyl groups is 2. The Morgan fingerprint density at radius 1 is 0.855 bits per heavy atom. The first kappa shape index (κ1) is 44.5. The second-order valence-corrected chi connectivity index (χ2v) is 16.7. The van der Waals surface area contributed by atoms with Gasteiger partial charge in [-0.15, -0.1) is 10.2 Å². The molecule has 1 unspecified atom stereocenters. The molecule has 1 atom stereocenters. The van der Waals surface area contributed by atoms with E-state index < -0.39 is 21.3 Å². The number of hydrogen-bond donors (Lipinski definition) is 5. The lowest BCUT2D eigenvalue weighted by Crippen LogP contribution is -2.15. The summed E-state index contributed by atoms with van der Waals surface area (Å²) >= 11 is -2.20. The molecule has 320 valence electrons. The molecule has 0 radical (unpaired) electrons. The molecule has 0 bridgehead atoms. The van der Waals surface area contributed by atoms with Gasteiger partial charge >= 0.3 is 11.3 Å². The molecule has 0 saturated carbocycles. The van der Waals surface area contributed by atoms with Gasteiger partial charge in [-0.1, -0.05) is 37.3 Å². The monoisotopic (exact) mass is 876 g/mol. The minimum Gasteiger partial charge on any atom is -0.508 e. The van der Waals surface area contributed by atoms with Crippen molar-refractivity contribution >= 4 is 66.4 Å². The topological polar surface area (TPSA) is 221 Å². The van der Waals surface area contributed by atoms with Crippen molar-refractivity contribution in [2.45, 2.75) is 45.4 Å². The number of anilines is 3. The molecule has 0 spiro atoms. The molecule has 0 aliphatic heterocycles. The number of nitriles is 1. The van der Waals surface area contributed by atoms with E-state index in [0.29, 0.717) is 35.6 Å². The second-order valence-electron chi connectivity index (χ2n) is 14.2. The number of amides is 1. The molecule has 6 rings (SSSR count). The Labute approximate surface area is 361 Å². The number of benzene rings is 6. The fourth-order valence-electron chi connectivity index (χ4n) is 6.35. The van der Waals surface area contributed by atoms with Gasteiger partial charge in [-0.3, -0.25) is 14.2 Å². The number of methoxy groups -OCH3 is 1. The number of ether oxygens (including phenoxy) is 2. The van der Waals surface area contributed by atoms with E-state index in [0.717, 1.165) is 16.7 Å². The lowest BCUT2D eigenvalue weighted by Gasteiger charge is -2.16. The maximum atomic E-state index is 14.0. The molecule has 0 aliphatic rings. The van der Waals surface area contributed by atoms with Crippen LogP contribution in [-0.2, 0) is 37.2 Å². The number of carbonyl (C=O) groups excluding carboxylic acids is 1.